The van der Waals surface area contributed by atoms with Gasteiger partial charge >= 0.3 is 0 Å². The molecule has 0 spiro atoms. The molecule has 110 valence electrons. The SMILES string of the molecule is CCCCN(CCCC(C)(C)CCN)C(C)CC. The first-order valence-corrected chi connectivity index (χ1v) is 7.91. The van der Waals surface area contributed by atoms with Gasteiger partial charge in [0.25, 0.3) is 0 Å². The minimum atomic E-state index is 0.417. The van der Waals surface area contributed by atoms with Gasteiger partial charge < -0.3 is 10.6 Å². The van der Waals surface area contributed by atoms with E-state index in [2.05, 4.69) is 39.5 Å². The minimum Gasteiger partial charge on any atom is -0.330 e. The average Bonchev–Trinajstić information content (AvgIpc) is 2.32. The van der Waals surface area contributed by atoms with Crippen LogP contribution in [0.1, 0.15) is 73.1 Å². The van der Waals surface area contributed by atoms with Crippen molar-refractivity contribution in [3.8, 4) is 0 Å². The number of unbranched alkanes of at least 4 members (excludes halogenated alkanes) is 1. The molecule has 0 radical (unpaired) electrons. The Bertz CT molecular complexity index is 190. The molecule has 0 amide bonds. The fourth-order valence-electron chi connectivity index (χ4n) is 2.45. The molecule has 0 aromatic rings. The zero-order valence-corrected chi connectivity index (χ0v) is 13.5. The lowest BCUT2D eigenvalue weighted by molar-refractivity contribution is 0.183. The predicted molar refractivity (Wildman–Crippen MR) is 82.9 cm³/mol. The Morgan fingerprint density at radius 3 is 2.17 bits per heavy atom. The highest BCUT2D eigenvalue weighted by Crippen LogP contribution is 2.26. The molecule has 2 N–H and O–H groups in total. The third kappa shape index (κ3) is 8.10. The van der Waals surface area contributed by atoms with Crippen LogP contribution in [0.4, 0.5) is 0 Å². The van der Waals surface area contributed by atoms with Crippen LogP contribution in [0, 0.1) is 5.41 Å². The van der Waals surface area contributed by atoms with Crippen LogP contribution in [0.15, 0.2) is 0 Å². The highest BCUT2D eigenvalue weighted by atomic mass is 15.1. The number of nitrogens with zero attached hydrogens (tertiary/aromatic N) is 1. The summed E-state index contributed by atoms with van der Waals surface area (Å²) in [5, 5.41) is 0. The second-order valence-electron chi connectivity index (χ2n) is 6.45. The first kappa shape index (κ1) is 17.9. The fraction of sp³-hybridized carbons (Fsp3) is 1.00. The Hall–Kier alpha value is -0.0800. The maximum absolute atomic E-state index is 5.67. The summed E-state index contributed by atoms with van der Waals surface area (Å²) in [5.41, 5.74) is 6.09. The molecule has 0 saturated heterocycles. The molecule has 2 heteroatoms. The summed E-state index contributed by atoms with van der Waals surface area (Å²) in [6.45, 7) is 15.0. The Balaban J connectivity index is 4.02. The Labute approximate surface area is 115 Å². The molecule has 0 aliphatic carbocycles. The molecule has 0 heterocycles. The maximum atomic E-state index is 5.67. The summed E-state index contributed by atoms with van der Waals surface area (Å²) >= 11 is 0. The number of hydrogen-bond acceptors (Lipinski definition) is 2. The lowest BCUT2D eigenvalue weighted by atomic mass is 9.84. The second-order valence-corrected chi connectivity index (χ2v) is 6.45. The van der Waals surface area contributed by atoms with Gasteiger partial charge in [0.2, 0.25) is 0 Å². The Morgan fingerprint density at radius 1 is 1.06 bits per heavy atom. The molecule has 0 rings (SSSR count). The summed E-state index contributed by atoms with van der Waals surface area (Å²) in [4.78, 5) is 2.67. The van der Waals surface area contributed by atoms with E-state index in [1.165, 1.54) is 45.2 Å². The molecule has 2 nitrogen and oxygen atoms in total. The smallest absolute Gasteiger partial charge is 0.00643 e. The zero-order chi connectivity index (χ0) is 14.0. The van der Waals surface area contributed by atoms with Crippen molar-refractivity contribution < 1.29 is 0 Å². The molecular weight excluding hydrogens is 220 g/mol. The molecule has 0 bridgehead atoms. The van der Waals surface area contributed by atoms with Gasteiger partial charge in [-0.2, -0.15) is 0 Å². The van der Waals surface area contributed by atoms with Crippen LogP contribution in [0.5, 0.6) is 0 Å². The highest BCUT2D eigenvalue weighted by molar-refractivity contribution is 4.72. The van der Waals surface area contributed by atoms with E-state index in [1.54, 1.807) is 0 Å². The summed E-state index contributed by atoms with van der Waals surface area (Å²) < 4.78 is 0. The standard InChI is InChI=1S/C16H36N2/c1-6-8-13-18(15(3)7-2)14-9-10-16(4,5)11-12-17/h15H,6-14,17H2,1-5H3. The molecule has 1 unspecified atom stereocenters. The topological polar surface area (TPSA) is 29.3 Å². The van der Waals surface area contributed by atoms with Crippen LogP contribution < -0.4 is 5.73 Å². The summed E-state index contributed by atoms with van der Waals surface area (Å²) in [7, 11) is 0. The van der Waals surface area contributed by atoms with Crippen LogP contribution in [0.25, 0.3) is 0 Å². The van der Waals surface area contributed by atoms with Crippen molar-refractivity contribution in [2.24, 2.45) is 11.1 Å². The second kappa shape index (κ2) is 9.80. The monoisotopic (exact) mass is 256 g/mol. The zero-order valence-electron chi connectivity index (χ0n) is 13.5. The molecule has 0 aliphatic rings. The van der Waals surface area contributed by atoms with Crippen LogP contribution >= 0.6 is 0 Å². The largest absolute Gasteiger partial charge is 0.330 e. The van der Waals surface area contributed by atoms with E-state index in [0.717, 1.165) is 19.0 Å². The van der Waals surface area contributed by atoms with Gasteiger partial charge in [-0.15, -0.1) is 0 Å². The van der Waals surface area contributed by atoms with Crippen molar-refractivity contribution in [2.45, 2.75) is 79.2 Å². The minimum absolute atomic E-state index is 0.417. The van der Waals surface area contributed by atoms with Crippen molar-refractivity contribution in [1.82, 2.24) is 4.90 Å². The molecule has 18 heavy (non-hydrogen) atoms. The lowest BCUT2D eigenvalue weighted by Crippen LogP contribution is -2.35. The molecule has 1 atom stereocenters. The fourth-order valence-corrected chi connectivity index (χ4v) is 2.45. The van der Waals surface area contributed by atoms with Crippen LogP contribution in [0.2, 0.25) is 0 Å². The molecule has 0 aromatic heterocycles. The van der Waals surface area contributed by atoms with Crippen LogP contribution in [-0.4, -0.2) is 30.6 Å². The van der Waals surface area contributed by atoms with Gasteiger partial charge in [-0.1, -0.05) is 34.1 Å². The quantitative estimate of drug-likeness (QED) is 0.604. The summed E-state index contributed by atoms with van der Waals surface area (Å²) in [5.74, 6) is 0. The van der Waals surface area contributed by atoms with E-state index < -0.39 is 0 Å². The lowest BCUT2D eigenvalue weighted by Gasteiger charge is -2.30. The number of hydrogen-bond donors (Lipinski definition) is 1. The Morgan fingerprint density at radius 2 is 1.67 bits per heavy atom. The Kier molecular flexibility index (Phi) is 9.76. The van der Waals surface area contributed by atoms with E-state index in [1.807, 2.05) is 0 Å². The third-order valence-electron chi connectivity index (χ3n) is 4.13. The van der Waals surface area contributed by atoms with Gasteiger partial charge in [-0.05, 0) is 64.1 Å². The van der Waals surface area contributed by atoms with Gasteiger partial charge in [-0.25, -0.2) is 0 Å². The van der Waals surface area contributed by atoms with Gasteiger partial charge in [0, 0.05) is 6.04 Å². The van der Waals surface area contributed by atoms with Gasteiger partial charge in [-0.3, -0.25) is 0 Å². The first-order chi connectivity index (χ1) is 8.46. The van der Waals surface area contributed by atoms with E-state index in [4.69, 9.17) is 5.73 Å². The third-order valence-corrected chi connectivity index (χ3v) is 4.13. The summed E-state index contributed by atoms with van der Waals surface area (Å²) in [6.07, 6.45) is 7.63. The van der Waals surface area contributed by atoms with Crippen LogP contribution in [-0.2, 0) is 0 Å². The summed E-state index contributed by atoms with van der Waals surface area (Å²) in [6, 6.07) is 0.731. The van der Waals surface area contributed by atoms with E-state index in [9.17, 15) is 0 Å². The van der Waals surface area contributed by atoms with Crippen molar-refractivity contribution in [3.05, 3.63) is 0 Å². The molecule has 0 fully saturated rings. The van der Waals surface area contributed by atoms with Gasteiger partial charge in [0.15, 0.2) is 0 Å². The van der Waals surface area contributed by atoms with Crippen LogP contribution in [0.3, 0.4) is 0 Å². The number of rotatable bonds is 11. The van der Waals surface area contributed by atoms with Crippen molar-refractivity contribution >= 4 is 0 Å². The van der Waals surface area contributed by atoms with Gasteiger partial charge in [0.05, 0.1) is 0 Å². The van der Waals surface area contributed by atoms with E-state index in [0.29, 0.717) is 5.41 Å². The predicted octanol–water partition coefficient (Wildman–Crippen LogP) is 4.04. The van der Waals surface area contributed by atoms with Gasteiger partial charge in [0.1, 0.15) is 0 Å². The molecular formula is C16H36N2. The first-order valence-electron chi connectivity index (χ1n) is 7.91. The molecule has 0 saturated carbocycles. The van der Waals surface area contributed by atoms with Crippen molar-refractivity contribution in [1.29, 1.82) is 0 Å². The average molecular weight is 256 g/mol. The van der Waals surface area contributed by atoms with Crippen molar-refractivity contribution in [3.63, 3.8) is 0 Å². The van der Waals surface area contributed by atoms with E-state index in [-0.39, 0.29) is 0 Å². The van der Waals surface area contributed by atoms with Crippen molar-refractivity contribution in [2.75, 3.05) is 19.6 Å². The molecule has 0 aromatic carbocycles. The normalized spacial score (nSPS) is 14.2. The molecule has 0 aliphatic heterocycles. The van der Waals surface area contributed by atoms with E-state index >= 15 is 0 Å². The number of nitrogens with two attached hydrogens (primary N) is 1. The maximum Gasteiger partial charge on any atom is 0.00643 e. The highest BCUT2D eigenvalue weighted by Gasteiger charge is 2.18.